The first-order chi connectivity index (χ1) is 8.50. The fourth-order valence-corrected chi connectivity index (χ4v) is 1.87. The molecule has 7 nitrogen and oxygen atoms in total. The summed E-state index contributed by atoms with van der Waals surface area (Å²) in [5.41, 5.74) is 0.784. The lowest BCUT2D eigenvalue weighted by atomic mass is 10.3. The number of nitrogens with one attached hydrogen (secondary N) is 1. The van der Waals surface area contributed by atoms with Gasteiger partial charge in [0.2, 0.25) is 0 Å². The van der Waals surface area contributed by atoms with Crippen LogP contribution in [0.15, 0.2) is 18.2 Å². The van der Waals surface area contributed by atoms with Crippen molar-refractivity contribution >= 4 is 39.9 Å². The molecule has 0 saturated heterocycles. The summed E-state index contributed by atoms with van der Waals surface area (Å²) in [6.45, 7) is 0.347. The number of non-ortho nitro benzene ring substituents is 1. The van der Waals surface area contributed by atoms with Gasteiger partial charge in [0.15, 0.2) is 0 Å². The summed E-state index contributed by atoms with van der Waals surface area (Å²) < 4.78 is 5.57. The van der Waals surface area contributed by atoms with Gasteiger partial charge in [-0.15, -0.1) is 0 Å². The van der Waals surface area contributed by atoms with Crippen LogP contribution >= 0.6 is 22.6 Å². The highest BCUT2D eigenvalue weighted by molar-refractivity contribution is 14.1. The molecule has 0 spiro atoms. The minimum Gasteiger partial charge on any atom is -0.480 e. The molecule has 0 aliphatic carbocycles. The van der Waals surface area contributed by atoms with Gasteiger partial charge in [-0.05, 0) is 28.7 Å². The van der Waals surface area contributed by atoms with E-state index >= 15 is 0 Å². The van der Waals surface area contributed by atoms with Gasteiger partial charge in [0.1, 0.15) is 6.61 Å². The summed E-state index contributed by atoms with van der Waals surface area (Å²) in [5, 5.41) is 21.9. The molecule has 0 amide bonds. The van der Waals surface area contributed by atoms with Crippen LogP contribution in [0.2, 0.25) is 0 Å². The number of anilines is 1. The topological polar surface area (TPSA) is 102 Å². The third-order valence-corrected chi connectivity index (χ3v) is 2.84. The van der Waals surface area contributed by atoms with Gasteiger partial charge >= 0.3 is 5.97 Å². The fraction of sp³-hybridized carbons (Fsp3) is 0.300. The smallest absolute Gasteiger partial charge is 0.329 e. The van der Waals surface area contributed by atoms with Gasteiger partial charge in [-0.3, -0.25) is 10.1 Å². The molecule has 2 N–H and O–H groups in total. The molecule has 0 saturated carbocycles. The summed E-state index contributed by atoms with van der Waals surface area (Å²) in [6.07, 6.45) is 0. The zero-order chi connectivity index (χ0) is 13.5. The Kier molecular flexibility index (Phi) is 5.78. The molecular weight excluding hydrogens is 355 g/mol. The van der Waals surface area contributed by atoms with Gasteiger partial charge < -0.3 is 15.2 Å². The third-order valence-electron chi connectivity index (χ3n) is 1.95. The maximum absolute atomic E-state index is 10.5. The van der Waals surface area contributed by atoms with E-state index in [-0.39, 0.29) is 18.9 Å². The number of aliphatic carboxylic acids is 1. The number of ether oxygens (including phenoxy) is 1. The van der Waals surface area contributed by atoms with Crippen LogP contribution in [0.25, 0.3) is 0 Å². The summed E-state index contributed by atoms with van der Waals surface area (Å²) in [6, 6.07) is 4.47. The van der Waals surface area contributed by atoms with Gasteiger partial charge in [0, 0.05) is 27.9 Å². The van der Waals surface area contributed by atoms with Crippen LogP contribution in [0.3, 0.4) is 0 Å². The van der Waals surface area contributed by atoms with Crippen molar-refractivity contribution in [2.75, 3.05) is 25.1 Å². The zero-order valence-corrected chi connectivity index (χ0v) is 11.4. The fourth-order valence-electron chi connectivity index (χ4n) is 1.18. The molecule has 0 aromatic heterocycles. The molecule has 98 valence electrons. The van der Waals surface area contributed by atoms with Crippen LogP contribution in [0.4, 0.5) is 11.4 Å². The van der Waals surface area contributed by atoms with Gasteiger partial charge in [-0.1, -0.05) is 0 Å². The van der Waals surface area contributed by atoms with Gasteiger partial charge in [-0.25, -0.2) is 4.79 Å². The third kappa shape index (κ3) is 4.84. The van der Waals surface area contributed by atoms with Crippen molar-refractivity contribution in [1.82, 2.24) is 0 Å². The molecule has 18 heavy (non-hydrogen) atoms. The normalized spacial score (nSPS) is 10.1. The number of nitro benzene ring substituents is 1. The summed E-state index contributed by atoms with van der Waals surface area (Å²) in [7, 11) is 0. The van der Waals surface area contributed by atoms with Crippen molar-refractivity contribution in [3.8, 4) is 0 Å². The Labute approximate surface area is 116 Å². The quantitative estimate of drug-likeness (QED) is 0.330. The molecular formula is C10H11IN2O5. The number of nitrogens with zero attached hydrogens (tertiary/aromatic N) is 1. The van der Waals surface area contributed by atoms with Crippen molar-refractivity contribution in [3.63, 3.8) is 0 Å². The largest absolute Gasteiger partial charge is 0.480 e. The van der Waals surface area contributed by atoms with Crippen LogP contribution in [0.5, 0.6) is 0 Å². The maximum Gasteiger partial charge on any atom is 0.329 e. The lowest BCUT2D eigenvalue weighted by Gasteiger charge is -2.08. The standard InChI is InChI=1S/C10H11IN2O5/c11-8-5-7(13(16)17)1-2-9(8)12-3-4-18-6-10(14)15/h1-2,5,12H,3-4,6H2,(H,14,15). The Balaban J connectivity index is 2.43. The number of carboxylic acids is 1. The molecule has 0 atom stereocenters. The SMILES string of the molecule is O=C(O)COCCNc1ccc([N+](=O)[O-])cc1I. The molecule has 0 bridgehead atoms. The second-order valence-corrected chi connectivity index (χ2v) is 4.46. The van der Waals surface area contributed by atoms with Crippen LogP contribution in [-0.4, -0.2) is 35.8 Å². The lowest BCUT2D eigenvalue weighted by Crippen LogP contribution is -2.14. The Bertz CT molecular complexity index is 452. The molecule has 1 aromatic carbocycles. The minimum absolute atomic E-state index is 0.0343. The van der Waals surface area contributed by atoms with Gasteiger partial charge in [0.05, 0.1) is 11.5 Å². The Morgan fingerprint density at radius 1 is 1.56 bits per heavy atom. The van der Waals surface area contributed by atoms with E-state index in [1.54, 1.807) is 6.07 Å². The Morgan fingerprint density at radius 2 is 2.28 bits per heavy atom. The van der Waals surface area contributed by atoms with Crippen molar-refractivity contribution in [2.45, 2.75) is 0 Å². The molecule has 8 heteroatoms. The van der Waals surface area contributed by atoms with Gasteiger partial charge in [0.25, 0.3) is 5.69 Å². The summed E-state index contributed by atoms with van der Waals surface area (Å²) in [5.74, 6) is -1.01. The van der Waals surface area contributed by atoms with Crippen molar-refractivity contribution in [1.29, 1.82) is 0 Å². The van der Waals surface area contributed by atoms with Crippen LogP contribution in [-0.2, 0) is 9.53 Å². The number of nitro groups is 1. The first kappa shape index (κ1) is 14.6. The lowest BCUT2D eigenvalue weighted by molar-refractivity contribution is -0.384. The highest BCUT2D eigenvalue weighted by Gasteiger charge is 2.08. The summed E-state index contributed by atoms with van der Waals surface area (Å²) >= 11 is 1.99. The van der Waals surface area contributed by atoms with E-state index in [1.807, 2.05) is 22.6 Å². The predicted octanol–water partition coefficient (Wildman–Crippen LogP) is 1.71. The number of rotatable bonds is 7. The van der Waals surface area contributed by atoms with E-state index in [2.05, 4.69) is 5.32 Å². The molecule has 0 aliphatic rings. The molecule has 1 aromatic rings. The van der Waals surface area contributed by atoms with Crippen molar-refractivity contribution in [2.24, 2.45) is 0 Å². The van der Waals surface area contributed by atoms with E-state index in [0.29, 0.717) is 6.54 Å². The van der Waals surface area contributed by atoms with E-state index in [9.17, 15) is 14.9 Å². The number of carboxylic acid groups (broad SMARTS) is 1. The minimum atomic E-state index is -1.01. The second kappa shape index (κ2) is 7.11. The average molecular weight is 366 g/mol. The van der Waals surface area contributed by atoms with Crippen molar-refractivity contribution in [3.05, 3.63) is 31.9 Å². The number of hydrogen-bond donors (Lipinski definition) is 2. The van der Waals surface area contributed by atoms with E-state index < -0.39 is 10.9 Å². The zero-order valence-electron chi connectivity index (χ0n) is 9.26. The number of carbonyl (C=O) groups is 1. The first-order valence-electron chi connectivity index (χ1n) is 4.98. The monoisotopic (exact) mass is 366 g/mol. The van der Waals surface area contributed by atoms with E-state index in [4.69, 9.17) is 9.84 Å². The predicted molar refractivity (Wildman–Crippen MR) is 72.8 cm³/mol. The number of halogens is 1. The molecule has 1 rings (SSSR count). The molecule has 0 heterocycles. The van der Waals surface area contributed by atoms with Crippen LogP contribution < -0.4 is 5.32 Å². The van der Waals surface area contributed by atoms with E-state index in [0.717, 1.165) is 9.26 Å². The molecule has 0 radical (unpaired) electrons. The number of hydrogen-bond acceptors (Lipinski definition) is 5. The van der Waals surface area contributed by atoms with E-state index in [1.165, 1.54) is 12.1 Å². The van der Waals surface area contributed by atoms with Crippen molar-refractivity contribution < 1.29 is 19.6 Å². The average Bonchev–Trinajstić information content (AvgIpc) is 2.29. The Hall–Kier alpha value is -1.42. The second-order valence-electron chi connectivity index (χ2n) is 3.29. The van der Waals surface area contributed by atoms with Gasteiger partial charge in [-0.2, -0.15) is 0 Å². The first-order valence-corrected chi connectivity index (χ1v) is 6.06. The molecule has 0 fully saturated rings. The maximum atomic E-state index is 10.5. The highest BCUT2D eigenvalue weighted by Crippen LogP contribution is 2.23. The van der Waals surface area contributed by atoms with Crippen LogP contribution in [0.1, 0.15) is 0 Å². The Morgan fingerprint density at radius 3 is 2.83 bits per heavy atom. The molecule has 0 unspecified atom stereocenters. The molecule has 0 aliphatic heterocycles. The highest BCUT2D eigenvalue weighted by atomic mass is 127. The summed E-state index contributed by atoms with van der Waals surface area (Å²) in [4.78, 5) is 20.3. The van der Waals surface area contributed by atoms with Crippen LogP contribution in [0, 0.1) is 13.7 Å². The number of benzene rings is 1.